The molecule has 0 aliphatic carbocycles. The molecule has 0 aliphatic rings. The fourth-order valence-electron chi connectivity index (χ4n) is 0.745. The third-order valence-corrected chi connectivity index (χ3v) is 4.54. The van der Waals surface area contributed by atoms with Crippen LogP contribution in [0.15, 0.2) is 0 Å². The summed E-state index contributed by atoms with van der Waals surface area (Å²) in [6.07, 6.45) is 1.92. The van der Waals surface area contributed by atoms with Crippen molar-refractivity contribution in [1.82, 2.24) is 4.72 Å². The topological polar surface area (TPSA) is 46.2 Å². The van der Waals surface area contributed by atoms with E-state index in [1.807, 2.05) is 6.92 Å². The number of sulfonamides is 1. The SMILES string of the molecule is CCC(CBr)(CBr)NS(C)(=O)=O. The van der Waals surface area contributed by atoms with Gasteiger partial charge in [-0.2, -0.15) is 0 Å². The van der Waals surface area contributed by atoms with Gasteiger partial charge in [-0.3, -0.25) is 0 Å². The lowest BCUT2D eigenvalue weighted by Gasteiger charge is -2.28. The monoisotopic (exact) mass is 321 g/mol. The van der Waals surface area contributed by atoms with E-state index in [-0.39, 0.29) is 0 Å². The van der Waals surface area contributed by atoms with Gasteiger partial charge in [0.1, 0.15) is 0 Å². The predicted octanol–water partition coefficient (Wildman–Crippen LogP) is 1.47. The van der Waals surface area contributed by atoms with Gasteiger partial charge in [-0.15, -0.1) is 0 Å². The predicted molar refractivity (Wildman–Crippen MR) is 58.6 cm³/mol. The van der Waals surface area contributed by atoms with Crippen LogP contribution in [0, 0.1) is 0 Å². The number of halogens is 2. The van der Waals surface area contributed by atoms with Crippen molar-refractivity contribution in [2.45, 2.75) is 18.9 Å². The van der Waals surface area contributed by atoms with Gasteiger partial charge in [0.05, 0.1) is 11.8 Å². The van der Waals surface area contributed by atoms with Crippen LogP contribution in [-0.4, -0.2) is 30.9 Å². The van der Waals surface area contributed by atoms with E-state index in [0.717, 1.165) is 6.42 Å². The van der Waals surface area contributed by atoms with E-state index in [1.165, 1.54) is 6.26 Å². The molecule has 0 radical (unpaired) electrons. The minimum Gasteiger partial charge on any atom is -0.213 e. The van der Waals surface area contributed by atoms with Gasteiger partial charge in [-0.1, -0.05) is 38.8 Å². The van der Waals surface area contributed by atoms with Crippen LogP contribution in [0.2, 0.25) is 0 Å². The molecule has 0 bridgehead atoms. The average molecular weight is 323 g/mol. The van der Waals surface area contributed by atoms with Crippen LogP contribution in [0.3, 0.4) is 0 Å². The summed E-state index contributed by atoms with van der Waals surface area (Å²) in [4.78, 5) is 0. The van der Waals surface area contributed by atoms with Crippen LogP contribution >= 0.6 is 31.9 Å². The van der Waals surface area contributed by atoms with Crippen molar-refractivity contribution >= 4 is 41.9 Å². The van der Waals surface area contributed by atoms with Gasteiger partial charge in [0.25, 0.3) is 0 Å². The Kier molecular flexibility index (Phi) is 5.29. The Morgan fingerprint density at radius 2 is 1.75 bits per heavy atom. The molecule has 0 aromatic carbocycles. The van der Waals surface area contributed by atoms with Gasteiger partial charge < -0.3 is 0 Å². The van der Waals surface area contributed by atoms with Crippen molar-refractivity contribution in [1.29, 1.82) is 0 Å². The summed E-state index contributed by atoms with van der Waals surface area (Å²) in [5.74, 6) is 0. The molecule has 0 unspecified atom stereocenters. The molecule has 0 saturated heterocycles. The highest BCUT2D eigenvalue weighted by atomic mass is 79.9. The summed E-state index contributed by atoms with van der Waals surface area (Å²) >= 11 is 6.58. The van der Waals surface area contributed by atoms with E-state index < -0.39 is 15.6 Å². The Balaban J connectivity index is 4.52. The highest BCUT2D eigenvalue weighted by molar-refractivity contribution is 9.09. The van der Waals surface area contributed by atoms with Crippen LogP contribution in [0.1, 0.15) is 13.3 Å². The Morgan fingerprint density at radius 1 is 1.33 bits per heavy atom. The van der Waals surface area contributed by atoms with E-state index in [0.29, 0.717) is 10.7 Å². The summed E-state index contributed by atoms with van der Waals surface area (Å²) in [6.45, 7) is 1.95. The van der Waals surface area contributed by atoms with Crippen molar-refractivity contribution in [3.05, 3.63) is 0 Å². The first-order valence-corrected chi connectivity index (χ1v) is 7.63. The van der Waals surface area contributed by atoms with E-state index in [9.17, 15) is 8.42 Å². The molecule has 3 nitrogen and oxygen atoms in total. The van der Waals surface area contributed by atoms with Gasteiger partial charge in [-0.25, -0.2) is 13.1 Å². The molecular formula is C6H13Br2NO2S. The Morgan fingerprint density at radius 3 is 1.83 bits per heavy atom. The molecule has 0 aliphatic heterocycles. The van der Waals surface area contributed by atoms with Crippen molar-refractivity contribution in [3.63, 3.8) is 0 Å². The Labute approximate surface area is 90.6 Å². The average Bonchev–Trinajstić information content (AvgIpc) is 1.99. The van der Waals surface area contributed by atoms with E-state index >= 15 is 0 Å². The normalized spacial score (nSPS) is 13.3. The third-order valence-electron chi connectivity index (χ3n) is 1.59. The summed E-state index contributed by atoms with van der Waals surface area (Å²) in [7, 11) is -3.13. The van der Waals surface area contributed by atoms with E-state index in [1.54, 1.807) is 0 Å². The summed E-state index contributed by atoms with van der Waals surface area (Å²) < 4.78 is 24.5. The molecule has 74 valence electrons. The van der Waals surface area contributed by atoms with Gasteiger partial charge in [0.15, 0.2) is 0 Å². The molecule has 0 atom stereocenters. The largest absolute Gasteiger partial charge is 0.213 e. The summed E-state index contributed by atoms with van der Waals surface area (Å²) in [6, 6.07) is 0. The lowest BCUT2D eigenvalue weighted by Crippen LogP contribution is -2.50. The smallest absolute Gasteiger partial charge is 0.209 e. The molecule has 0 amide bonds. The third kappa shape index (κ3) is 4.20. The Hall–Kier alpha value is 0.870. The highest BCUT2D eigenvalue weighted by Crippen LogP contribution is 2.17. The lowest BCUT2D eigenvalue weighted by atomic mass is 10.0. The second kappa shape index (κ2) is 4.93. The zero-order valence-electron chi connectivity index (χ0n) is 7.10. The fraction of sp³-hybridized carbons (Fsp3) is 1.00. The van der Waals surface area contributed by atoms with Crippen molar-refractivity contribution < 1.29 is 8.42 Å². The number of hydrogen-bond acceptors (Lipinski definition) is 2. The zero-order valence-corrected chi connectivity index (χ0v) is 11.1. The lowest BCUT2D eigenvalue weighted by molar-refractivity contribution is 0.462. The quantitative estimate of drug-likeness (QED) is 0.779. The number of hydrogen-bond donors (Lipinski definition) is 1. The molecule has 1 N–H and O–H groups in total. The minimum atomic E-state index is -3.13. The van der Waals surface area contributed by atoms with Crippen molar-refractivity contribution in [2.75, 3.05) is 16.9 Å². The maximum absolute atomic E-state index is 11.0. The second-order valence-corrected chi connectivity index (χ2v) is 5.65. The number of rotatable bonds is 5. The van der Waals surface area contributed by atoms with Gasteiger partial charge >= 0.3 is 0 Å². The molecule has 0 spiro atoms. The van der Waals surface area contributed by atoms with E-state index in [4.69, 9.17) is 0 Å². The van der Waals surface area contributed by atoms with Crippen LogP contribution in [-0.2, 0) is 10.0 Å². The zero-order chi connectivity index (χ0) is 9.83. The van der Waals surface area contributed by atoms with Crippen LogP contribution in [0.5, 0.6) is 0 Å². The minimum absolute atomic E-state index is 0.395. The van der Waals surface area contributed by atoms with Crippen molar-refractivity contribution in [2.24, 2.45) is 0 Å². The number of nitrogens with one attached hydrogen (secondary N) is 1. The standard InChI is InChI=1S/C6H13Br2NO2S/c1-3-6(4-7,5-8)9-12(2,10)11/h9H,3-5H2,1-2H3. The van der Waals surface area contributed by atoms with Crippen LogP contribution in [0.4, 0.5) is 0 Å². The fourth-order valence-corrected chi connectivity index (χ4v) is 4.19. The molecule has 12 heavy (non-hydrogen) atoms. The molecule has 6 heteroatoms. The van der Waals surface area contributed by atoms with Crippen LogP contribution < -0.4 is 4.72 Å². The van der Waals surface area contributed by atoms with Crippen molar-refractivity contribution in [3.8, 4) is 0 Å². The molecule has 0 saturated carbocycles. The number of alkyl halides is 2. The molecular weight excluding hydrogens is 310 g/mol. The summed E-state index contributed by atoms with van der Waals surface area (Å²) in [5.41, 5.74) is -0.395. The van der Waals surface area contributed by atoms with Crippen LogP contribution in [0.25, 0.3) is 0 Å². The molecule has 0 fully saturated rings. The Bertz CT molecular complexity index is 215. The first-order valence-electron chi connectivity index (χ1n) is 3.50. The molecule has 0 aromatic rings. The molecule has 0 heterocycles. The molecule has 0 rings (SSSR count). The first-order chi connectivity index (χ1) is 5.39. The summed E-state index contributed by atoms with van der Waals surface area (Å²) in [5, 5.41) is 1.21. The van der Waals surface area contributed by atoms with Gasteiger partial charge in [0.2, 0.25) is 10.0 Å². The first kappa shape index (κ1) is 12.9. The highest BCUT2D eigenvalue weighted by Gasteiger charge is 2.28. The van der Waals surface area contributed by atoms with Gasteiger partial charge in [-0.05, 0) is 6.42 Å². The maximum atomic E-state index is 11.0. The molecule has 0 aromatic heterocycles. The second-order valence-electron chi connectivity index (χ2n) is 2.78. The van der Waals surface area contributed by atoms with Gasteiger partial charge in [0, 0.05) is 10.7 Å². The maximum Gasteiger partial charge on any atom is 0.209 e. The van der Waals surface area contributed by atoms with E-state index in [2.05, 4.69) is 36.6 Å².